The zero-order valence-electron chi connectivity index (χ0n) is 16.7. The van der Waals surface area contributed by atoms with E-state index in [-0.39, 0.29) is 5.91 Å². The highest BCUT2D eigenvalue weighted by Gasteiger charge is 2.00. The van der Waals surface area contributed by atoms with Crippen molar-refractivity contribution in [3.63, 3.8) is 0 Å². The van der Waals surface area contributed by atoms with Gasteiger partial charge in [-0.15, -0.1) is 0 Å². The van der Waals surface area contributed by atoms with Gasteiger partial charge in [-0.2, -0.15) is 0 Å². The lowest BCUT2D eigenvalue weighted by Gasteiger charge is -2.07. The first-order valence-electron chi connectivity index (χ1n) is 10.7. The van der Waals surface area contributed by atoms with E-state index in [0.29, 0.717) is 6.42 Å². The third kappa shape index (κ3) is 21.3. The minimum Gasteiger partial charge on any atom is -0.356 e. The molecule has 0 rings (SSSR count). The van der Waals surface area contributed by atoms with Crippen molar-refractivity contribution in [2.45, 2.75) is 84.0 Å². The van der Waals surface area contributed by atoms with Crippen LogP contribution >= 0.6 is 0 Å². The van der Waals surface area contributed by atoms with Gasteiger partial charge in [0, 0.05) is 13.0 Å². The van der Waals surface area contributed by atoms with E-state index < -0.39 is 0 Å². The fourth-order valence-electron chi connectivity index (χ4n) is 2.75. The highest BCUT2D eigenvalue weighted by molar-refractivity contribution is 5.75. The minimum absolute atomic E-state index is 0.220. The number of amides is 1. The van der Waals surface area contributed by atoms with Crippen molar-refractivity contribution in [2.75, 3.05) is 39.3 Å². The molecule has 25 heavy (non-hydrogen) atoms. The molecule has 5 heteroatoms. The molecule has 5 nitrogen and oxygen atoms in total. The molecule has 5 N–H and O–H groups in total. The number of hydrogen-bond acceptors (Lipinski definition) is 4. The van der Waals surface area contributed by atoms with Gasteiger partial charge < -0.3 is 21.7 Å². The first-order valence-corrected chi connectivity index (χ1v) is 10.7. The van der Waals surface area contributed by atoms with Crippen molar-refractivity contribution in [3.05, 3.63) is 0 Å². The monoisotopic (exact) mass is 356 g/mol. The maximum Gasteiger partial charge on any atom is 0.219 e. The standard InChI is InChI=1S/C20H44N4O/c1-2-3-4-5-6-7-8-13-20(25)24-19-12-18-23-16-10-9-15-22-17-11-14-21/h22-23H,2-19,21H2,1H3,(H,24,25). The molecule has 150 valence electrons. The molecule has 0 aromatic heterocycles. The van der Waals surface area contributed by atoms with Gasteiger partial charge in [-0.05, 0) is 64.8 Å². The van der Waals surface area contributed by atoms with Crippen molar-refractivity contribution in [3.8, 4) is 0 Å². The summed E-state index contributed by atoms with van der Waals surface area (Å²) >= 11 is 0. The topological polar surface area (TPSA) is 79.2 Å². The molecule has 0 aliphatic rings. The van der Waals surface area contributed by atoms with Crippen LogP contribution in [0.1, 0.15) is 84.0 Å². The SMILES string of the molecule is CCCCCCCCCC(=O)NCCCNCCCCNCCCN. The van der Waals surface area contributed by atoms with Crippen LogP contribution in [0, 0.1) is 0 Å². The van der Waals surface area contributed by atoms with E-state index in [1.807, 2.05) is 0 Å². The summed E-state index contributed by atoms with van der Waals surface area (Å²) in [6.07, 6.45) is 14.0. The Balaban J connectivity index is 3.12. The molecule has 0 atom stereocenters. The summed E-state index contributed by atoms with van der Waals surface area (Å²) in [6.45, 7) is 7.96. The van der Waals surface area contributed by atoms with Crippen molar-refractivity contribution in [2.24, 2.45) is 5.73 Å². The van der Waals surface area contributed by atoms with Crippen LogP contribution in [0.15, 0.2) is 0 Å². The molecular formula is C20H44N4O. The predicted molar refractivity (Wildman–Crippen MR) is 109 cm³/mol. The van der Waals surface area contributed by atoms with Gasteiger partial charge in [0.15, 0.2) is 0 Å². The Morgan fingerprint density at radius 3 is 1.88 bits per heavy atom. The first kappa shape index (κ1) is 24.4. The van der Waals surface area contributed by atoms with E-state index in [1.165, 1.54) is 51.4 Å². The van der Waals surface area contributed by atoms with Gasteiger partial charge in [0.05, 0.1) is 0 Å². The third-order valence-corrected chi connectivity index (χ3v) is 4.37. The minimum atomic E-state index is 0.220. The van der Waals surface area contributed by atoms with Crippen LogP contribution in [0.2, 0.25) is 0 Å². The van der Waals surface area contributed by atoms with Crippen molar-refractivity contribution < 1.29 is 4.79 Å². The second-order valence-electron chi connectivity index (χ2n) is 6.92. The van der Waals surface area contributed by atoms with Crippen molar-refractivity contribution in [1.82, 2.24) is 16.0 Å². The predicted octanol–water partition coefficient (Wildman–Crippen LogP) is 2.94. The Morgan fingerprint density at radius 1 is 0.680 bits per heavy atom. The first-order chi connectivity index (χ1) is 12.3. The molecule has 0 heterocycles. The Bertz CT molecular complexity index is 274. The number of carbonyl (C=O) groups excluding carboxylic acids is 1. The normalized spacial score (nSPS) is 11.0. The van der Waals surface area contributed by atoms with E-state index in [1.54, 1.807) is 0 Å². The molecule has 0 bridgehead atoms. The molecule has 0 unspecified atom stereocenters. The third-order valence-electron chi connectivity index (χ3n) is 4.37. The molecule has 0 aliphatic heterocycles. The average Bonchev–Trinajstić information content (AvgIpc) is 2.62. The summed E-state index contributed by atoms with van der Waals surface area (Å²) in [5.74, 6) is 0.220. The molecule has 0 radical (unpaired) electrons. The van der Waals surface area contributed by atoms with Gasteiger partial charge in [-0.3, -0.25) is 4.79 Å². The van der Waals surface area contributed by atoms with E-state index >= 15 is 0 Å². The second kappa shape index (κ2) is 21.4. The summed E-state index contributed by atoms with van der Waals surface area (Å²) in [7, 11) is 0. The Labute approximate surface area is 156 Å². The summed E-state index contributed by atoms with van der Waals surface area (Å²) in [5.41, 5.74) is 5.44. The summed E-state index contributed by atoms with van der Waals surface area (Å²) in [6, 6.07) is 0. The van der Waals surface area contributed by atoms with Gasteiger partial charge >= 0.3 is 0 Å². The maximum atomic E-state index is 11.7. The molecule has 0 saturated heterocycles. The van der Waals surface area contributed by atoms with Gasteiger partial charge in [0.25, 0.3) is 0 Å². The Hall–Kier alpha value is -0.650. The maximum absolute atomic E-state index is 11.7. The number of nitrogens with two attached hydrogens (primary N) is 1. The zero-order chi connectivity index (χ0) is 18.4. The largest absolute Gasteiger partial charge is 0.356 e. The van der Waals surface area contributed by atoms with E-state index in [0.717, 1.165) is 58.5 Å². The smallest absolute Gasteiger partial charge is 0.219 e. The molecular weight excluding hydrogens is 312 g/mol. The number of unbranched alkanes of at least 4 members (excludes halogenated alkanes) is 7. The van der Waals surface area contributed by atoms with E-state index in [2.05, 4.69) is 22.9 Å². The molecule has 0 aromatic rings. The second-order valence-corrected chi connectivity index (χ2v) is 6.92. The summed E-state index contributed by atoms with van der Waals surface area (Å²) < 4.78 is 0. The van der Waals surface area contributed by atoms with Gasteiger partial charge in [-0.1, -0.05) is 45.4 Å². The summed E-state index contributed by atoms with van der Waals surface area (Å²) in [4.78, 5) is 11.7. The van der Waals surface area contributed by atoms with Crippen LogP contribution < -0.4 is 21.7 Å². The van der Waals surface area contributed by atoms with Gasteiger partial charge in [0.2, 0.25) is 5.91 Å². The summed E-state index contributed by atoms with van der Waals surface area (Å²) in [5, 5.41) is 9.85. The molecule has 0 spiro atoms. The lowest BCUT2D eigenvalue weighted by molar-refractivity contribution is -0.121. The number of hydrogen-bond donors (Lipinski definition) is 4. The lowest BCUT2D eigenvalue weighted by atomic mass is 10.1. The number of carbonyl (C=O) groups is 1. The van der Waals surface area contributed by atoms with Crippen LogP contribution in [0.5, 0.6) is 0 Å². The fraction of sp³-hybridized carbons (Fsp3) is 0.950. The van der Waals surface area contributed by atoms with E-state index in [4.69, 9.17) is 5.73 Å². The van der Waals surface area contributed by atoms with Gasteiger partial charge in [-0.25, -0.2) is 0 Å². The number of rotatable bonds is 20. The van der Waals surface area contributed by atoms with Crippen LogP contribution in [0.3, 0.4) is 0 Å². The van der Waals surface area contributed by atoms with Crippen LogP contribution in [-0.2, 0) is 4.79 Å². The quantitative estimate of drug-likeness (QED) is 0.253. The van der Waals surface area contributed by atoms with Crippen molar-refractivity contribution >= 4 is 5.91 Å². The molecule has 0 saturated carbocycles. The van der Waals surface area contributed by atoms with Crippen LogP contribution in [-0.4, -0.2) is 45.2 Å². The highest BCUT2D eigenvalue weighted by Crippen LogP contribution is 2.08. The zero-order valence-corrected chi connectivity index (χ0v) is 16.7. The van der Waals surface area contributed by atoms with Crippen LogP contribution in [0.4, 0.5) is 0 Å². The Morgan fingerprint density at radius 2 is 1.24 bits per heavy atom. The number of nitrogens with one attached hydrogen (secondary N) is 3. The van der Waals surface area contributed by atoms with Crippen molar-refractivity contribution in [1.29, 1.82) is 0 Å². The molecule has 0 fully saturated rings. The Kier molecular flexibility index (Phi) is 20.8. The highest BCUT2D eigenvalue weighted by atomic mass is 16.1. The molecule has 1 amide bonds. The van der Waals surface area contributed by atoms with E-state index in [9.17, 15) is 4.79 Å². The lowest BCUT2D eigenvalue weighted by Crippen LogP contribution is -2.27. The van der Waals surface area contributed by atoms with Gasteiger partial charge in [0.1, 0.15) is 0 Å². The average molecular weight is 357 g/mol. The van der Waals surface area contributed by atoms with Crippen LogP contribution in [0.25, 0.3) is 0 Å². The molecule has 0 aliphatic carbocycles. The molecule has 0 aromatic carbocycles. The fourth-order valence-corrected chi connectivity index (χ4v) is 2.75.